The average molecular weight is 424 g/mol. The highest BCUT2D eigenvalue weighted by Gasteiger charge is 2.11. The van der Waals surface area contributed by atoms with Gasteiger partial charge in [-0.25, -0.2) is 4.79 Å². The van der Waals surface area contributed by atoms with Crippen molar-refractivity contribution in [3.63, 3.8) is 0 Å². The van der Waals surface area contributed by atoms with Gasteiger partial charge in [-0.2, -0.15) is 0 Å². The number of thiophene rings is 1. The molecule has 3 rings (SSSR count). The molecule has 4 N–H and O–H groups in total. The zero-order chi connectivity index (χ0) is 21.5. The Labute approximate surface area is 180 Å². The van der Waals surface area contributed by atoms with Gasteiger partial charge in [0.2, 0.25) is 0 Å². The topological polar surface area (TPSA) is 93.4 Å². The average Bonchev–Trinajstić information content (AvgIpc) is 3.27. The summed E-state index contributed by atoms with van der Waals surface area (Å²) in [6, 6.07) is 16.5. The van der Waals surface area contributed by atoms with Crippen LogP contribution >= 0.6 is 11.3 Å². The smallest absolute Gasteiger partial charge is 0.407 e. The summed E-state index contributed by atoms with van der Waals surface area (Å²) in [6.45, 7) is 4.72. The van der Waals surface area contributed by atoms with E-state index in [4.69, 9.17) is 10.5 Å². The maximum absolute atomic E-state index is 12.6. The number of nitrogens with one attached hydrogen (secondary N) is 2. The molecule has 6 nitrogen and oxygen atoms in total. The van der Waals surface area contributed by atoms with Gasteiger partial charge in [-0.1, -0.05) is 38.1 Å². The minimum atomic E-state index is -0.452. The summed E-state index contributed by atoms with van der Waals surface area (Å²) in [6.07, 6.45) is -0.452. The molecule has 0 unspecified atom stereocenters. The summed E-state index contributed by atoms with van der Waals surface area (Å²) in [4.78, 5) is 25.4. The first-order valence-corrected chi connectivity index (χ1v) is 10.5. The number of nitrogen functional groups attached to an aromatic ring is 1. The quantitative estimate of drug-likeness (QED) is 0.459. The Bertz CT molecular complexity index is 999. The minimum Gasteiger partial charge on any atom is -0.445 e. The monoisotopic (exact) mass is 423 g/mol. The van der Waals surface area contributed by atoms with Crippen molar-refractivity contribution in [3.8, 4) is 10.4 Å². The fourth-order valence-electron chi connectivity index (χ4n) is 2.69. The van der Waals surface area contributed by atoms with Crippen LogP contribution in [-0.2, 0) is 11.3 Å². The van der Waals surface area contributed by atoms with E-state index in [-0.39, 0.29) is 12.5 Å². The van der Waals surface area contributed by atoms with Crippen LogP contribution in [0.2, 0.25) is 0 Å². The lowest BCUT2D eigenvalue weighted by atomic mass is 10.1. The molecule has 2 amide bonds. The van der Waals surface area contributed by atoms with E-state index in [9.17, 15) is 9.59 Å². The summed E-state index contributed by atoms with van der Waals surface area (Å²) >= 11 is 1.62. The Morgan fingerprint density at radius 1 is 1.10 bits per heavy atom. The molecule has 0 aliphatic heterocycles. The molecule has 0 aliphatic rings. The van der Waals surface area contributed by atoms with Gasteiger partial charge < -0.3 is 21.1 Å². The maximum Gasteiger partial charge on any atom is 0.407 e. The fourth-order valence-corrected chi connectivity index (χ4v) is 3.42. The number of hydrogen-bond acceptors (Lipinski definition) is 5. The second kappa shape index (κ2) is 9.93. The first-order chi connectivity index (χ1) is 14.4. The van der Waals surface area contributed by atoms with Gasteiger partial charge in [0.1, 0.15) is 6.61 Å². The van der Waals surface area contributed by atoms with Crippen molar-refractivity contribution in [3.05, 3.63) is 71.1 Å². The van der Waals surface area contributed by atoms with Crippen LogP contribution in [0.1, 0.15) is 29.8 Å². The highest BCUT2D eigenvalue weighted by Crippen LogP contribution is 2.30. The molecule has 0 radical (unpaired) electrons. The maximum atomic E-state index is 12.6. The molecule has 0 fully saturated rings. The van der Waals surface area contributed by atoms with Crippen LogP contribution < -0.4 is 16.4 Å². The Kier molecular flexibility index (Phi) is 7.08. The minimum absolute atomic E-state index is 0.141. The summed E-state index contributed by atoms with van der Waals surface area (Å²) in [5.41, 5.74) is 9.39. The summed E-state index contributed by atoms with van der Waals surface area (Å²) in [5, 5.41) is 7.57. The normalized spacial score (nSPS) is 10.6. The van der Waals surface area contributed by atoms with Crippen LogP contribution in [0.15, 0.2) is 60.0 Å². The van der Waals surface area contributed by atoms with Crippen LogP contribution in [0.25, 0.3) is 10.4 Å². The van der Waals surface area contributed by atoms with Crippen molar-refractivity contribution in [1.29, 1.82) is 0 Å². The number of nitrogens with two attached hydrogens (primary N) is 1. The number of amides is 2. The number of alkyl carbamates (subject to hydrolysis) is 1. The van der Waals surface area contributed by atoms with Crippen LogP contribution in [0, 0.1) is 5.92 Å². The molecule has 1 heterocycles. The van der Waals surface area contributed by atoms with Crippen LogP contribution in [0.3, 0.4) is 0 Å². The molecule has 1 aromatic heterocycles. The third-order valence-corrected chi connectivity index (χ3v) is 5.27. The Hall–Kier alpha value is -3.32. The van der Waals surface area contributed by atoms with Crippen molar-refractivity contribution < 1.29 is 14.3 Å². The molecule has 2 aromatic carbocycles. The zero-order valence-electron chi connectivity index (χ0n) is 17.0. The van der Waals surface area contributed by atoms with Gasteiger partial charge >= 0.3 is 6.09 Å². The number of anilines is 2. The van der Waals surface area contributed by atoms with E-state index in [1.807, 2.05) is 43.5 Å². The Morgan fingerprint density at radius 2 is 1.87 bits per heavy atom. The first-order valence-electron chi connectivity index (χ1n) is 9.66. The van der Waals surface area contributed by atoms with Crippen molar-refractivity contribution in [2.45, 2.75) is 20.5 Å². The fraction of sp³-hybridized carbons (Fsp3) is 0.217. The second-order valence-electron chi connectivity index (χ2n) is 7.28. The highest BCUT2D eigenvalue weighted by atomic mass is 32.1. The molecule has 0 aliphatic carbocycles. The summed E-state index contributed by atoms with van der Waals surface area (Å²) in [5.74, 6) is 0.0996. The third-order valence-electron chi connectivity index (χ3n) is 4.35. The standard InChI is InChI=1S/C23H25N3O3S/c1-15(2)13-25-23(28)29-14-16-5-7-17(8-6-16)22(27)26-20-12-18(9-10-19(20)24)21-4-3-11-30-21/h3-12,15H,13-14,24H2,1-2H3,(H,25,28)(H,26,27). The largest absolute Gasteiger partial charge is 0.445 e. The molecule has 0 saturated carbocycles. The van der Waals surface area contributed by atoms with Gasteiger partial charge in [-0.15, -0.1) is 11.3 Å². The number of hydrogen-bond donors (Lipinski definition) is 3. The van der Waals surface area contributed by atoms with Gasteiger partial charge in [-0.3, -0.25) is 4.79 Å². The lowest BCUT2D eigenvalue weighted by Crippen LogP contribution is -2.27. The molecular formula is C23H25N3O3S. The summed E-state index contributed by atoms with van der Waals surface area (Å²) < 4.78 is 5.17. The van der Waals surface area contributed by atoms with E-state index in [1.54, 1.807) is 41.7 Å². The van der Waals surface area contributed by atoms with E-state index < -0.39 is 6.09 Å². The first kappa shape index (κ1) is 21.4. The molecular weight excluding hydrogens is 398 g/mol. The number of ether oxygens (including phenoxy) is 1. The van der Waals surface area contributed by atoms with Crippen molar-refractivity contribution in [2.75, 3.05) is 17.6 Å². The summed E-state index contributed by atoms with van der Waals surface area (Å²) in [7, 11) is 0. The molecule has 0 atom stereocenters. The lowest BCUT2D eigenvalue weighted by Gasteiger charge is -2.11. The lowest BCUT2D eigenvalue weighted by molar-refractivity contribution is 0.102. The van der Waals surface area contributed by atoms with Crippen molar-refractivity contribution >= 4 is 34.7 Å². The number of rotatable bonds is 7. The predicted molar refractivity (Wildman–Crippen MR) is 122 cm³/mol. The highest BCUT2D eigenvalue weighted by molar-refractivity contribution is 7.13. The molecule has 0 saturated heterocycles. The molecule has 156 valence electrons. The Balaban J connectivity index is 1.60. The van der Waals surface area contributed by atoms with E-state index >= 15 is 0 Å². The van der Waals surface area contributed by atoms with E-state index in [0.29, 0.717) is 29.4 Å². The SMILES string of the molecule is CC(C)CNC(=O)OCc1ccc(C(=O)Nc2cc(-c3cccs3)ccc2N)cc1. The molecule has 30 heavy (non-hydrogen) atoms. The molecule has 7 heteroatoms. The second-order valence-corrected chi connectivity index (χ2v) is 8.23. The van der Waals surface area contributed by atoms with Crippen LogP contribution in [0.5, 0.6) is 0 Å². The zero-order valence-corrected chi connectivity index (χ0v) is 17.8. The Morgan fingerprint density at radius 3 is 2.53 bits per heavy atom. The molecule has 0 bridgehead atoms. The van der Waals surface area contributed by atoms with Crippen molar-refractivity contribution in [1.82, 2.24) is 5.32 Å². The van der Waals surface area contributed by atoms with E-state index in [2.05, 4.69) is 10.6 Å². The van der Waals surface area contributed by atoms with Crippen LogP contribution in [0.4, 0.5) is 16.2 Å². The van der Waals surface area contributed by atoms with Gasteiger partial charge in [-0.05, 0) is 52.8 Å². The third kappa shape index (κ3) is 5.84. The van der Waals surface area contributed by atoms with Gasteiger partial charge in [0.25, 0.3) is 5.91 Å². The molecule has 3 aromatic rings. The number of carbonyl (C=O) groups excluding carboxylic acids is 2. The predicted octanol–water partition coefficient (Wildman–Crippen LogP) is 5.13. The van der Waals surface area contributed by atoms with E-state index in [0.717, 1.165) is 16.0 Å². The number of benzene rings is 2. The van der Waals surface area contributed by atoms with Gasteiger partial charge in [0, 0.05) is 17.0 Å². The van der Waals surface area contributed by atoms with E-state index in [1.165, 1.54) is 0 Å². The number of carbonyl (C=O) groups is 2. The van der Waals surface area contributed by atoms with Gasteiger partial charge in [0.05, 0.1) is 11.4 Å². The van der Waals surface area contributed by atoms with Crippen LogP contribution in [-0.4, -0.2) is 18.5 Å². The molecule has 0 spiro atoms. The van der Waals surface area contributed by atoms with Crippen molar-refractivity contribution in [2.24, 2.45) is 5.92 Å². The van der Waals surface area contributed by atoms with Gasteiger partial charge in [0.15, 0.2) is 0 Å².